The zero-order valence-electron chi connectivity index (χ0n) is 16.8. The normalized spacial score (nSPS) is 10.6. The van der Waals surface area contributed by atoms with Gasteiger partial charge in [-0.05, 0) is 50.2 Å². The number of nitrogens with one attached hydrogen (secondary N) is 1. The predicted octanol–water partition coefficient (Wildman–Crippen LogP) is 3.02. The monoisotopic (exact) mass is 425 g/mol. The van der Waals surface area contributed by atoms with E-state index in [2.05, 4.69) is 15.5 Å². The summed E-state index contributed by atoms with van der Waals surface area (Å²) in [6.07, 6.45) is 0. The van der Waals surface area contributed by atoms with E-state index in [0.29, 0.717) is 35.4 Å². The van der Waals surface area contributed by atoms with Crippen molar-refractivity contribution in [3.05, 3.63) is 65.5 Å². The number of hydrogen-bond donors (Lipinski definition) is 2. The van der Waals surface area contributed by atoms with Gasteiger partial charge in [-0.1, -0.05) is 29.5 Å². The SMILES string of the molecule is CCn1c(COc2ccc(C)cc2)nnc1SCC(=O)Nc1ccc(C(N)=O)cc1. The molecule has 0 saturated heterocycles. The van der Waals surface area contributed by atoms with E-state index in [1.54, 1.807) is 24.3 Å². The molecule has 1 aromatic heterocycles. The molecule has 2 aromatic carbocycles. The fourth-order valence-corrected chi connectivity index (χ4v) is 3.50. The molecule has 2 amide bonds. The summed E-state index contributed by atoms with van der Waals surface area (Å²) >= 11 is 1.30. The molecular weight excluding hydrogens is 402 g/mol. The van der Waals surface area contributed by atoms with Gasteiger partial charge in [0.1, 0.15) is 12.4 Å². The van der Waals surface area contributed by atoms with Gasteiger partial charge in [-0.3, -0.25) is 9.59 Å². The predicted molar refractivity (Wildman–Crippen MR) is 116 cm³/mol. The average Bonchev–Trinajstić information content (AvgIpc) is 3.14. The number of nitrogens with two attached hydrogens (primary N) is 1. The first-order valence-corrected chi connectivity index (χ1v) is 10.4. The van der Waals surface area contributed by atoms with E-state index in [0.717, 1.165) is 5.75 Å². The van der Waals surface area contributed by atoms with Gasteiger partial charge in [0, 0.05) is 17.8 Å². The summed E-state index contributed by atoms with van der Waals surface area (Å²) in [5.74, 6) is 0.943. The van der Waals surface area contributed by atoms with Crippen LogP contribution in [0.2, 0.25) is 0 Å². The minimum Gasteiger partial charge on any atom is -0.486 e. The van der Waals surface area contributed by atoms with Gasteiger partial charge in [-0.25, -0.2) is 0 Å². The lowest BCUT2D eigenvalue weighted by Gasteiger charge is -2.09. The Morgan fingerprint density at radius 2 is 1.80 bits per heavy atom. The number of nitrogens with zero attached hydrogens (tertiary/aromatic N) is 3. The van der Waals surface area contributed by atoms with Gasteiger partial charge in [0.2, 0.25) is 11.8 Å². The number of primary amides is 1. The van der Waals surface area contributed by atoms with Gasteiger partial charge < -0.3 is 20.4 Å². The highest BCUT2D eigenvalue weighted by Crippen LogP contribution is 2.19. The van der Waals surface area contributed by atoms with Crippen LogP contribution < -0.4 is 15.8 Å². The average molecular weight is 426 g/mol. The van der Waals surface area contributed by atoms with E-state index in [9.17, 15) is 9.59 Å². The van der Waals surface area contributed by atoms with Crippen LogP contribution in [0.1, 0.15) is 28.7 Å². The number of aryl methyl sites for hydroxylation is 1. The van der Waals surface area contributed by atoms with Crippen LogP contribution in [-0.2, 0) is 17.9 Å². The smallest absolute Gasteiger partial charge is 0.248 e. The van der Waals surface area contributed by atoms with Crippen LogP contribution in [0.15, 0.2) is 53.7 Å². The van der Waals surface area contributed by atoms with Crippen molar-refractivity contribution in [3.8, 4) is 5.75 Å². The Morgan fingerprint density at radius 1 is 1.10 bits per heavy atom. The van der Waals surface area contributed by atoms with Crippen molar-refractivity contribution in [2.75, 3.05) is 11.1 Å². The highest BCUT2D eigenvalue weighted by atomic mass is 32.2. The highest BCUT2D eigenvalue weighted by Gasteiger charge is 2.14. The number of benzene rings is 2. The molecule has 3 aromatic rings. The zero-order valence-corrected chi connectivity index (χ0v) is 17.6. The standard InChI is InChI=1S/C21H23N5O3S/c1-3-26-18(12-29-17-10-4-14(2)5-11-17)24-25-21(26)30-13-19(27)23-16-8-6-15(7-9-16)20(22)28/h4-11H,3,12-13H2,1-2H3,(H2,22,28)(H,23,27). The summed E-state index contributed by atoms with van der Waals surface area (Å²) < 4.78 is 7.71. The van der Waals surface area contributed by atoms with E-state index in [-0.39, 0.29) is 11.7 Å². The fraction of sp³-hybridized carbons (Fsp3) is 0.238. The lowest BCUT2D eigenvalue weighted by molar-refractivity contribution is -0.113. The number of anilines is 1. The molecule has 8 nitrogen and oxygen atoms in total. The molecule has 0 aliphatic heterocycles. The minimum atomic E-state index is -0.510. The summed E-state index contributed by atoms with van der Waals surface area (Å²) in [4.78, 5) is 23.3. The van der Waals surface area contributed by atoms with Gasteiger partial charge in [0.05, 0.1) is 5.75 Å². The maximum absolute atomic E-state index is 12.2. The Labute approximate surface area is 178 Å². The molecule has 1 heterocycles. The third-order valence-electron chi connectivity index (χ3n) is 4.28. The summed E-state index contributed by atoms with van der Waals surface area (Å²) in [5.41, 5.74) is 7.36. The summed E-state index contributed by atoms with van der Waals surface area (Å²) in [6.45, 7) is 4.97. The molecule has 3 rings (SSSR count). The summed E-state index contributed by atoms with van der Waals surface area (Å²) in [5, 5.41) is 11.8. The molecule has 30 heavy (non-hydrogen) atoms. The Kier molecular flexibility index (Phi) is 7.08. The van der Waals surface area contributed by atoms with Crippen LogP contribution >= 0.6 is 11.8 Å². The number of carbonyl (C=O) groups is 2. The Morgan fingerprint density at radius 3 is 2.43 bits per heavy atom. The Bertz CT molecular complexity index is 1020. The second kappa shape index (κ2) is 9.93. The van der Waals surface area contributed by atoms with E-state index in [1.165, 1.54) is 17.3 Å². The minimum absolute atomic E-state index is 0.175. The number of rotatable bonds is 9. The van der Waals surface area contributed by atoms with Crippen LogP contribution in [0, 0.1) is 6.92 Å². The van der Waals surface area contributed by atoms with Crippen LogP contribution in [0.4, 0.5) is 5.69 Å². The molecule has 0 bridgehead atoms. The van der Waals surface area contributed by atoms with Crippen molar-refractivity contribution in [1.82, 2.24) is 14.8 Å². The van der Waals surface area contributed by atoms with Crippen molar-refractivity contribution in [1.29, 1.82) is 0 Å². The maximum atomic E-state index is 12.2. The van der Waals surface area contributed by atoms with Crippen LogP contribution in [-0.4, -0.2) is 32.3 Å². The van der Waals surface area contributed by atoms with Crippen LogP contribution in [0.3, 0.4) is 0 Å². The van der Waals surface area contributed by atoms with E-state index in [1.807, 2.05) is 42.7 Å². The zero-order chi connectivity index (χ0) is 21.5. The van der Waals surface area contributed by atoms with Crippen molar-refractivity contribution in [3.63, 3.8) is 0 Å². The van der Waals surface area contributed by atoms with Crippen molar-refractivity contribution < 1.29 is 14.3 Å². The van der Waals surface area contributed by atoms with Gasteiger partial charge in [0.25, 0.3) is 0 Å². The molecule has 3 N–H and O–H groups in total. The second-order valence-electron chi connectivity index (χ2n) is 6.52. The molecule has 0 fully saturated rings. The highest BCUT2D eigenvalue weighted by molar-refractivity contribution is 7.99. The van der Waals surface area contributed by atoms with E-state index >= 15 is 0 Å². The largest absolute Gasteiger partial charge is 0.486 e. The van der Waals surface area contributed by atoms with Crippen LogP contribution in [0.25, 0.3) is 0 Å². The molecule has 9 heteroatoms. The van der Waals surface area contributed by atoms with Crippen molar-refractivity contribution >= 4 is 29.3 Å². The number of hydrogen-bond acceptors (Lipinski definition) is 6. The summed E-state index contributed by atoms with van der Waals surface area (Å²) in [6, 6.07) is 14.2. The third-order valence-corrected chi connectivity index (χ3v) is 5.25. The van der Waals surface area contributed by atoms with Gasteiger partial charge in [0.15, 0.2) is 11.0 Å². The molecule has 0 saturated carbocycles. The fourth-order valence-electron chi connectivity index (χ4n) is 2.68. The van der Waals surface area contributed by atoms with Gasteiger partial charge in [-0.2, -0.15) is 0 Å². The first-order chi connectivity index (χ1) is 14.5. The quantitative estimate of drug-likeness (QED) is 0.510. The second-order valence-corrected chi connectivity index (χ2v) is 7.47. The summed E-state index contributed by atoms with van der Waals surface area (Å²) in [7, 11) is 0. The molecular formula is C21H23N5O3S. The van der Waals surface area contributed by atoms with E-state index in [4.69, 9.17) is 10.5 Å². The molecule has 0 aliphatic carbocycles. The van der Waals surface area contributed by atoms with Gasteiger partial charge >= 0.3 is 0 Å². The number of aromatic nitrogens is 3. The first-order valence-electron chi connectivity index (χ1n) is 9.40. The number of carbonyl (C=O) groups excluding carboxylic acids is 2. The molecule has 0 unspecified atom stereocenters. The van der Waals surface area contributed by atoms with Crippen molar-refractivity contribution in [2.45, 2.75) is 32.2 Å². The molecule has 0 atom stereocenters. The lowest BCUT2D eigenvalue weighted by Crippen LogP contribution is -2.15. The van der Waals surface area contributed by atoms with Crippen molar-refractivity contribution in [2.24, 2.45) is 5.73 Å². The number of ether oxygens (including phenoxy) is 1. The topological polar surface area (TPSA) is 112 Å². The Balaban J connectivity index is 1.55. The molecule has 0 aliphatic rings. The van der Waals surface area contributed by atoms with E-state index < -0.39 is 5.91 Å². The van der Waals surface area contributed by atoms with Gasteiger partial charge in [-0.15, -0.1) is 10.2 Å². The maximum Gasteiger partial charge on any atom is 0.248 e. The molecule has 0 spiro atoms. The lowest BCUT2D eigenvalue weighted by atomic mass is 10.2. The Hall–Kier alpha value is -3.33. The number of amides is 2. The third kappa shape index (κ3) is 5.60. The molecule has 0 radical (unpaired) electrons. The number of thioether (sulfide) groups is 1. The molecule has 156 valence electrons. The van der Waals surface area contributed by atoms with Crippen LogP contribution in [0.5, 0.6) is 5.75 Å². The first kappa shape index (κ1) is 21.4.